The third-order valence-electron chi connectivity index (χ3n) is 5.72. The van der Waals surface area contributed by atoms with Crippen LogP contribution in [0.4, 0.5) is 11.4 Å². The maximum Gasteiger partial charge on any atom is 0.271 e. The first-order chi connectivity index (χ1) is 17.1. The van der Waals surface area contributed by atoms with E-state index in [2.05, 4.69) is 5.32 Å². The Morgan fingerprint density at radius 3 is 2.24 bits per heavy atom. The monoisotopic (exact) mass is 532 g/mol. The average Bonchev–Trinajstić information content (AvgIpc) is 2.79. The van der Waals surface area contributed by atoms with Gasteiger partial charge in [0.25, 0.3) is 5.69 Å². The fraction of sp³-hybridized carbons (Fsp3) is 0.462. The predicted molar refractivity (Wildman–Crippen MR) is 144 cm³/mol. The van der Waals surface area contributed by atoms with Crippen molar-refractivity contribution in [3.8, 4) is 0 Å². The maximum atomic E-state index is 13.7. The summed E-state index contributed by atoms with van der Waals surface area (Å²) in [6, 6.07) is 12.5. The number of amides is 2. The van der Waals surface area contributed by atoms with Crippen LogP contribution in [0.3, 0.4) is 0 Å². The summed E-state index contributed by atoms with van der Waals surface area (Å²) in [5.41, 5.74) is 0.634. The molecule has 1 atom stereocenters. The smallest absolute Gasteiger partial charge is 0.271 e. The third kappa shape index (κ3) is 8.56. The summed E-state index contributed by atoms with van der Waals surface area (Å²) in [4.78, 5) is 39.0. The van der Waals surface area contributed by atoms with Gasteiger partial charge in [-0.1, -0.05) is 43.3 Å². The molecule has 2 aromatic rings. The topological polar surface area (TPSA) is 130 Å². The maximum absolute atomic E-state index is 13.7. The fourth-order valence-corrected chi connectivity index (χ4v) is 4.82. The van der Waals surface area contributed by atoms with Crippen LogP contribution in [0.5, 0.6) is 0 Å². The second kappa shape index (κ2) is 12.2. The van der Waals surface area contributed by atoms with Crippen molar-refractivity contribution in [3.05, 3.63) is 69.8 Å². The average molecular weight is 533 g/mol. The quantitative estimate of drug-likeness (QED) is 0.349. The van der Waals surface area contributed by atoms with Gasteiger partial charge in [-0.25, -0.2) is 8.42 Å². The minimum Gasteiger partial charge on any atom is -0.350 e. The first-order valence-electron chi connectivity index (χ1n) is 12.0. The number of nitrogens with one attached hydrogen (secondary N) is 1. The molecule has 11 heteroatoms. The third-order valence-corrected chi connectivity index (χ3v) is 6.85. The summed E-state index contributed by atoms with van der Waals surface area (Å²) in [6.45, 7) is 8.49. The number of sulfonamides is 1. The van der Waals surface area contributed by atoms with Crippen LogP contribution in [0, 0.1) is 17.0 Å². The first-order valence-corrected chi connectivity index (χ1v) is 13.9. The van der Waals surface area contributed by atoms with Gasteiger partial charge >= 0.3 is 0 Å². The van der Waals surface area contributed by atoms with Crippen LogP contribution in [0.25, 0.3) is 0 Å². The number of benzene rings is 2. The van der Waals surface area contributed by atoms with E-state index < -0.39 is 39.0 Å². The molecule has 0 aliphatic heterocycles. The van der Waals surface area contributed by atoms with Crippen molar-refractivity contribution in [1.29, 1.82) is 0 Å². The Kier molecular flexibility index (Phi) is 9.80. The first kappa shape index (κ1) is 29.8. The number of hydrogen-bond acceptors (Lipinski definition) is 6. The summed E-state index contributed by atoms with van der Waals surface area (Å²) in [7, 11) is -4.00. The zero-order valence-corrected chi connectivity index (χ0v) is 23.0. The highest BCUT2D eigenvalue weighted by atomic mass is 32.2. The molecule has 0 aliphatic rings. The lowest BCUT2D eigenvalue weighted by Crippen LogP contribution is -2.56. The zero-order valence-electron chi connectivity index (χ0n) is 22.2. The standard InChI is InChI=1S/C26H36N4O6S/c1-7-22(25(32)27-26(3,4)5)28(16-15-20-11-9-8-10-12-20)24(31)18-29(37(6,35)36)23-17-21(30(33)34)14-13-19(23)2/h8-14,17,22H,7,15-16,18H2,1-6H3,(H,27,32)/t22-/m1/s1. The number of carbonyl (C=O) groups excluding carboxylic acids is 2. The number of nitro groups is 1. The molecule has 0 unspecified atom stereocenters. The van der Waals surface area contributed by atoms with Gasteiger partial charge in [0.15, 0.2) is 0 Å². The molecular formula is C26H36N4O6S. The van der Waals surface area contributed by atoms with Crippen LogP contribution in [-0.2, 0) is 26.0 Å². The number of anilines is 1. The van der Waals surface area contributed by atoms with Gasteiger partial charge in [0.05, 0.1) is 16.9 Å². The van der Waals surface area contributed by atoms with Crippen LogP contribution in [-0.4, -0.2) is 61.0 Å². The molecule has 0 heterocycles. The van der Waals surface area contributed by atoms with Crippen molar-refractivity contribution < 1.29 is 22.9 Å². The van der Waals surface area contributed by atoms with Crippen LogP contribution in [0.2, 0.25) is 0 Å². The van der Waals surface area contributed by atoms with Crippen LogP contribution in [0.15, 0.2) is 48.5 Å². The molecular weight excluding hydrogens is 496 g/mol. The molecule has 2 rings (SSSR count). The number of non-ortho nitro benzene ring substituents is 1. The van der Waals surface area contributed by atoms with Gasteiger partial charge in [-0.15, -0.1) is 0 Å². The summed E-state index contributed by atoms with van der Waals surface area (Å²) in [5, 5.41) is 14.2. The Labute approximate surface area is 218 Å². The summed E-state index contributed by atoms with van der Waals surface area (Å²) < 4.78 is 26.4. The SMILES string of the molecule is CC[C@H](C(=O)NC(C)(C)C)N(CCc1ccccc1)C(=O)CN(c1cc([N+](=O)[O-])ccc1C)S(C)(=O)=O. The highest BCUT2D eigenvalue weighted by Gasteiger charge is 2.33. The lowest BCUT2D eigenvalue weighted by atomic mass is 10.1. The zero-order chi connectivity index (χ0) is 28.0. The summed E-state index contributed by atoms with van der Waals surface area (Å²) >= 11 is 0. The summed E-state index contributed by atoms with van der Waals surface area (Å²) in [6.07, 6.45) is 1.72. The van der Waals surface area contributed by atoms with E-state index in [0.29, 0.717) is 18.4 Å². The van der Waals surface area contributed by atoms with E-state index in [9.17, 15) is 28.1 Å². The van der Waals surface area contributed by atoms with E-state index in [1.807, 2.05) is 51.1 Å². The number of rotatable bonds is 11. The Balaban J connectivity index is 2.47. The summed E-state index contributed by atoms with van der Waals surface area (Å²) in [5.74, 6) is -0.919. The Morgan fingerprint density at radius 1 is 1.11 bits per heavy atom. The van der Waals surface area contributed by atoms with Gasteiger partial charge in [-0.3, -0.25) is 24.0 Å². The van der Waals surface area contributed by atoms with Crippen LogP contribution >= 0.6 is 0 Å². The lowest BCUT2D eigenvalue weighted by Gasteiger charge is -2.34. The van der Waals surface area contributed by atoms with E-state index >= 15 is 0 Å². The normalized spacial score (nSPS) is 12.5. The molecule has 0 aliphatic carbocycles. The number of aryl methyl sites for hydroxylation is 1. The number of nitrogens with zero attached hydrogens (tertiary/aromatic N) is 3. The van der Waals surface area contributed by atoms with Gasteiger partial charge in [0.2, 0.25) is 21.8 Å². The second-order valence-electron chi connectivity index (χ2n) is 9.98. The minimum absolute atomic E-state index is 0.0419. The highest BCUT2D eigenvalue weighted by molar-refractivity contribution is 7.92. The molecule has 0 saturated carbocycles. The molecule has 10 nitrogen and oxygen atoms in total. The van der Waals surface area contributed by atoms with E-state index in [-0.39, 0.29) is 23.8 Å². The van der Waals surface area contributed by atoms with Crippen LogP contribution < -0.4 is 9.62 Å². The molecule has 0 spiro atoms. The highest BCUT2D eigenvalue weighted by Crippen LogP contribution is 2.28. The van der Waals surface area contributed by atoms with Crippen molar-refractivity contribution in [3.63, 3.8) is 0 Å². The van der Waals surface area contributed by atoms with E-state index in [4.69, 9.17) is 0 Å². The molecule has 0 fully saturated rings. The second-order valence-corrected chi connectivity index (χ2v) is 11.9. The molecule has 202 valence electrons. The number of carbonyl (C=O) groups is 2. The van der Waals surface area contributed by atoms with E-state index in [1.165, 1.54) is 17.0 Å². The number of nitro benzene ring substituents is 1. The Hall–Kier alpha value is -3.47. The molecule has 0 aromatic heterocycles. The fourth-order valence-electron chi connectivity index (χ4n) is 3.92. The molecule has 2 amide bonds. The lowest BCUT2D eigenvalue weighted by molar-refractivity contribution is -0.384. The molecule has 2 aromatic carbocycles. The molecule has 0 bridgehead atoms. The van der Waals surface area contributed by atoms with Gasteiger partial charge < -0.3 is 10.2 Å². The van der Waals surface area contributed by atoms with Crippen molar-refractivity contribution >= 4 is 33.2 Å². The Bertz CT molecular complexity index is 1230. The molecule has 0 radical (unpaired) electrons. The van der Waals surface area contributed by atoms with E-state index in [1.54, 1.807) is 13.8 Å². The number of hydrogen-bond donors (Lipinski definition) is 1. The Morgan fingerprint density at radius 2 is 1.73 bits per heavy atom. The van der Waals surface area contributed by atoms with Crippen molar-refractivity contribution in [2.24, 2.45) is 0 Å². The predicted octanol–water partition coefficient (Wildman–Crippen LogP) is 3.43. The van der Waals surface area contributed by atoms with Gasteiger partial charge in [0.1, 0.15) is 12.6 Å². The van der Waals surface area contributed by atoms with Gasteiger partial charge in [0, 0.05) is 24.2 Å². The van der Waals surface area contributed by atoms with Crippen molar-refractivity contribution in [2.45, 2.75) is 59.0 Å². The van der Waals surface area contributed by atoms with Crippen LogP contribution in [0.1, 0.15) is 45.2 Å². The van der Waals surface area contributed by atoms with Crippen molar-refractivity contribution in [1.82, 2.24) is 10.2 Å². The largest absolute Gasteiger partial charge is 0.350 e. The molecule has 0 saturated heterocycles. The van der Waals surface area contributed by atoms with Gasteiger partial charge in [-0.2, -0.15) is 0 Å². The molecule has 37 heavy (non-hydrogen) atoms. The van der Waals surface area contributed by atoms with Crippen molar-refractivity contribution in [2.75, 3.05) is 23.7 Å². The van der Waals surface area contributed by atoms with Gasteiger partial charge in [-0.05, 0) is 51.7 Å². The molecule has 1 N–H and O–H groups in total. The minimum atomic E-state index is -4.00. The van der Waals surface area contributed by atoms with E-state index in [0.717, 1.165) is 22.2 Å².